The molecular weight excluding hydrogens is 389 g/mol. The lowest BCUT2D eigenvalue weighted by Crippen LogP contribution is -2.29. The first-order valence-corrected chi connectivity index (χ1v) is 9.93. The van der Waals surface area contributed by atoms with Crippen molar-refractivity contribution >= 4 is 45.9 Å². The number of benzene rings is 1. The van der Waals surface area contributed by atoms with Gasteiger partial charge in [0, 0.05) is 6.54 Å². The molecule has 1 unspecified atom stereocenters. The van der Waals surface area contributed by atoms with Crippen molar-refractivity contribution in [1.82, 2.24) is 4.31 Å². The summed E-state index contributed by atoms with van der Waals surface area (Å²) in [7, 11) is -3.55. The quantitative estimate of drug-likeness (QED) is 0.559. The molecule has 0 fully saturated rings. The minimum atomic E-state index is -3.55. The van der Waals surface area contributed by atoms with Crippen molar-refractivity contribution in [2.45, 2.75) is 25.7 Å². The van der Waals surface area contributed by atoms with Crippen LogP contribution in [0.25, 0.3) is 0 Å². The molecule has 0 aliphatic carbocycles. The number of carbonyl (C=O) groups excluding carboxylic acids is 1. The van der Waals surface area contributed by atoms with Crippen molar-refractivity contribution in [3.63, 3.8) is 0 Å². The zero-order valence-corrected chi connectivity index (χ0v) is 15.6. The molecule has 3 N–H and O–H groups in total. The van der Waals surface area contributed by atoms with Gasteiger partial charge in [0.25, 0.3) is 5.91 Å². The number of aliphatic carboxylic acids is 1. The third-order valence-electron chi connectivity index (χ3n) is 3.97. The number of rotatable bonds is 8. The number of unbranched alkanes of at least 4 members (excludes halogenated alkanes) is 1. The Kier molecular flexibility index (Phi) is 6.76. The maximum atomic E-state index is 11.9. The van der Waals surface area contributed by atoms with Gasteiger partial charge in [-0.05, 0) is 24.8 Å². The summed E-state index contributed by atoms with van der Waals surface area (Å²) >= 11 is 11.4. The number of carboxylic acid groups (broad SMARTS) is 1. The molecule has 0 radical (unpaired) electrons. The number of hydrogen-bond donors (Lipinski definition) is 3. The molecule has 25 heavy (non-hydrogen) atoms. The zero-order valence-electron chi connectivity index (χ0n) is 13.3. The van der Waals surface area contributed by atoms with Crippen LogP contribution < -0.4 is 0 Å². The van der Waals surface area contributed by atoms with Gasteiger partial charge in [0.15, 0.2) is 4.36 Å². The second-order valence-corrected chi connectivity index (χ2v) is 8.60. The normalized spacial score (nSPS) is 19.2. The molecule has 0 bridgehead atoms. The van der Waals surface area contributed by atoms with E-state index < -0.39 is 32.9 Å². The molecule has 0 saturated carbocycles. The van der Waals surface area contributed by atoms with Crippen LogP contribution in [-0.2, 0) is 16.0 Å². The van der Waals surface area contributed by atoms with Crippen molar-refractivity contribution < 1.29 is 23.8 Å². The van der Waals surface area contributed by atoms with Gasteiger partial charge in [0.05, 0.1) is 5.92 Å². The number of amides is 1. The van der Waals surface area contributed by atoms with Gasteiger partial charge in [-0.2, -0.15) is 0 Å². The summed E-state index contributed by atoms with van der Waals surface area (Å²) in [6.07, 6.45) is 1.76. The van der Waals surface area contributed by atoms with Gasteiger partial charge >= 0.3 is 5.97 Å². The predicted octanol–water partition coefficient (Wildman–Crippen LogP) is 4.25. The van der Waals surface area contributed by atoms with E-state index >= 15 is 0 Å². The Morgan fingerprint density at radius 3 is 2.32 bits per heavy atom. The van der Waals surface area contributed by atoms with E-state index in [-0.39, 0.29) is 11.6 Å². The van der Waals surface area contributed by atoms with Crippen LogP contribution in [0.4, 0.5) is 0 Å². The summed E-state index contributed by atoms with van der Waals surface area (Å²) in [5.41, 5.74) is 0.946. The molecule has 1 atom stereocenters. The monoisotopic (exact) mass is 407 g/mol. The smallest absolute Gasteiger partial charge is 0.306 e. The fourth-order valence-electron chi connectivity index (χ4n) is 2.61. The van der Waals surface area contributed by atoms with Gasteiger partial charge in [-0.1, -0.05) is 70.7 Å². The van der Waals surface area contributed by atoms with Crippen LogP contribution in [0.2, 0.25) is 0 Å². The van der Waals surface area contributed by atoms with Crippen LogP contribution in [-0.4, -0.2) is 36.9 Å². The van der Waals surface area contributed by atoms with E-state index in [1.54, 1.807) is 0 Å². The van der Waals surface area contributed by atoms with Crippen molar-refractivity contribution in [1.29, 1.82) is 0 Å². The van der Waals surface area contributed by atoms with E-state index in [4.69, 9.17) is 23.2 Å². The number of carboxylic acids is 1. The van der Waals surface area contributed by atoms with Gasteiger partial charge in [0.1, 0.15) is 5.03 Å². The maximum Gasteiger partial charge on any atom is 0.306 e. The Morgan fingerprint density at radius 2 is 1.80 bits per heavy atom. The second-order valence-electron chi connectivity index (χ2n) is 5.73. The summed E-state index contributed by atoms with van der Waals surface area (Å²) in [6.45, 7) is 0.0469. The van der Waals surface area contributed by atoms with Crippen LogP contribution in [0, 0.1) is 5.92 Å². The Labute approximate surface area is 157 Å². The van der Waals surface area contributed by atoms with Gasteiger partial charge in [0.2, 0.25) is 0 Å². The number of hydrogen-bond acceptors (Lipinski definition) is 4. The molecular formula is C16H19Cl2NO5S. The highest BCUT2D eigenvalue weighted by Gasteiger charge is 2.42. The predicted molar refractivity (Wildman–Crippen MR) is 98.4 cm³/mol. The summed E-state index contributed by atoms with van der Waals surface area (Å²) in [5, 5.41) is 8.98. The Morgan fingerprint density at radius 1 is 1.16 bits per heavy atom. The van der Waals surface area contributed by atoms with E-state index in [0.717, 1.165) is 9.87 Å². The number of carbonyl (C=O) groups is 2. The zero-order chi connectivity index (χ0) is 18.6. The molecule has 1 amide bonds. The number of halogens is 2. The van der Waals surface area contributed by atoms with Crippen molar-refractivity contribution in [3.05, 3.63) is 45.3 Å². The van der Waals surface area contributed by atoms with Gasteiger partial charge in [-0.3, -0.25) is 18.7 Å². The second kappa shape index (κ2) is 8.42. The van der Waals surface area contributed by atoms with E-state index in [9.17, 15) is 23.8 Å². The van der Waals surface area contributed by atoms with Crippen molar-refractivity contribution in [2.24, 2.45) is 5.92 Å². The number of nitrogens with zero attached hydrogens (tertiary/aromatic N) is 1. The lowest BCUT2D eigenvalue weighted by molar-refractivity contribution is -0.142. The van der Waals surface area contributed by atoms with E-state index in [1.165, 1.54) is 0 Å². The summed E-state index contributed by atoms with van der Waals surface area (Å²) in [4.78, 5) is 23.3. The Hall–Kier alpha value is -1.25. The maximum absolute atomic E-state index is 11.9. The SMILES string of the molecule is O=C(O)C(CCCCN1C(=O)C(Cl)=C(Cl)S1(O)O)Cc1ccccc1. The molecule has 138 valence electrons. The van der Waals surface area contributed by atoms with Crippen molar-refractivity contribution in [3.8, 4) is 0 Å². The highest BCUT2D eigenvalue weighted by Crippen LogP contribution is 2.60. The van der Waals surface area contributed by atoms with E-state index in [1.807, 2.05) is 30.3 Å². The fraction of sp³-hybridized carbons (Fsp3) is 0.375. The van der Waals surface area contributed by atoms with Crippen LogP contribution in [0.3, 0.4) is 0 Å². The lowest BCUT2D eigenvalue weighted by Gasteiger charge is -2.36. The van der Waals surface area contributed by atoms with Gasteiger partial charge in [-0.25, -0.2) is 4.31 Å². The molecule has 6 nitrogen and oxygen atoms in total. The highest BCUT2D eigenvalue weighted by molar-refractivity contribution is 8.27. The molecule has 2 rings (SSSR count). The summed E-state index contributed by atoms with van der Waals surface area (Å²) in [5.74, 6) is -2.13. The molecule has 1 aromatic rings. The highest BCUT2D eigenvalue weighted by atomic mass is 35.5. The minimum absolute atomic E-state index is 0.0469. The molecule has 0 aromatic heterocycles. The van der Waals surface area contributed by atoms with Crippen LogP contribution in [0.15, 0.2) is 39.7 Å². The fourth-order valence-corrected chi connectivity index (χ4v) is 4.63. The standard InChI is InChI=1S/C16H19Cl2NO5S/c17-13-14(18)25(23,24)19(15(13)20)9-5-4-8-12(16(21)22)10-11-6-2-1-3-7-11/h1-3,6-7,12,23-24H,4-5,8-10H2,(H,21,22). The molecule has 1 heterocycles. The van der Waals surface area contributed by atoms with Gasteiger partial charge in [-0.15, -0.1) is 0 Å². The molecule has 0 saturated heterocycles. The summed E-state index contributed by atoms with van der Waals surface area (Å²) < 4.78 is 20.3. The summed E-state index contributed by atoms with van der Waals surface area (Å²) in [6, 6.07) is 9.35. The van der Waals surface area contributed by atoms with E-state index in [2.05, 4.69) is 0 Å². The molecule has 0 spiro atoms. The topological polar surface area (TPSA) is 98.1 Å². The van der Waals surface area contributed by atoms with Crippen LogP contribution in [0.1, 0.15) is 24.8 Å². The minimum Gasteiger partial charge on any atom is -0.481 e. The first kappa shape index (κ1) is 20.1. The first-order valence-electron chi connectivity index (χ1n) is 7.67. The third-order valence-corrected chi connectivity index (χ3v) is 6.99. The molecule has 1 aliphatic rings. The third kappa shape index (κ3) is 4.68. The average molecular weight is 408 g/mol. The first-order chi connectivity index (χ1) is 11.7. The van der Waals surface area contributed by atoms with Crippen LogP contribution in [0.5, 0.6) is 0 Å². The lowest BCUT2D eigenvalue weighted by atomic mass is 9.94. The Bertz CT molecular complexity index is 680. The largest absolute Gasteiger partial charge is 0.481 e. The van der Waals surface area contributed by atoms with Crippen LogP contribution >= 0.6 is 34.0 Å². The Balaban J connectivity index is 1.85. The molecule has 9 heteroatoms. The van der Waals surface area contributed by atoms with E-state index in [0.29, 0.717) is 25.7 Å². The van der Waals surface area contributed by atoms with Crippen molar-refractivity contribution in [2.75, 3.05) is 6.54 Å². The van der Waals surface area contributed by atoms with Gasteiger partial charge < -0.3 is 5.11 Å². The molecule has 1 aromatic carbocycles. The molecule has 1 aliphatic heterocycles. The average Bonchev–Trinajstić information content (AvgIpc) is 2.72.